The number of amides is 1. The van der Waals surface area contributed by atoms with Crippen molar-refractivity contribution in [1.29, 1.82) is 0 Å². The zero-order valence-electron chi connectivity index (χ0n) is 12.0. The van der Waals surface area contributed by atoms with Crippen molar-refractivity contribution >= 4 is 17.2 Å². The van der Waals surface area contributed by atoms with Crippen molar-refractivity contribution in [3.05, 3.63) is 22.4 Å². The highest BCUT2D eigenvalue weighted by molar-refractivity contribution is 7.10. The Kier molecular flexibility index (Phi) is 4.63. The second-order valence-corrected chi connectivity index (χ2v) is 7.16. The van der Waals surface area contributed by atoms with E-state index in [1.165, 1.54) is 11.3 Å². The standard InChI is InChI=1S/C15H24N2OS/c1-11-6-7-16-12(9-11)14(18)17-10-15(2,3)13-5-4-8-19-13/h4-5,8,11-12,16H,6-7,9-10H2,1-3H3,(H,17,18). The summed E-state index contributed by atoms with van der Waals surface area (Å²) in [5.74, 6) is 0.790. The van der Waals surface area contributed by atoms with Gasteiger partial charge in [0.25, 0.3) is 0 Å². The molecular formula is C15H24N2OS. The van der Waals surface area contributed by atoms with Crippen molar-refractivity contribution in [3.8, 4) is 0 Å². The Morgan fingerprint density at radius 2 is 2.37 bits per heavy atom. The number of hydrogen-bond donors (Lipinski definition) is 2. The average Bonchev–Trinajstić information content (AvgIpc) is 2.90. The number of piperidine rings is 1. The van der Waals surface area contributed by atoms with Crippen LogP contribution in [-0.2, 0) is 10.2 Å². The molecule has 0 aromatic carbocycles. The first-order valence-corrected chi connectivity index (χ1v) is 7.92. The van der Waals surface area contributed by atoms with Crippen LogP contribution in [0.25, 0.3) is 0 Å². The lowest BCUT2D eigenvalue weighted by Gasteiger charge is -2.29. The highest BCUT2D eigenvalue weighted by atomic mass is 32.1. The van der Waals surface area contributed by atoms with Gasteiger partial charge in [0.2, 0.25) is 5.91 Å². The third-order valence-electron chi connectivity index (χ3n) is 3.88. The molecule has 0 saturated carbocycles. The van der Waals surface area contributed by atoms with Crippen LogP contribution < -0.4 is 10.6 Å². The second kappa shape index (κ2) is 6.06. The van der Waals surface area contributed by atoms with Gasteiger partial charge in [0.1, 0.15) is 0 Å². The third-order valence-corrected chi connectivity index (χ3v) is 5.11. The van der Waals surface area contributed by atoms with E-state index in [9.17, 15) is 4.79 Å². The Balaban J connectivity index is 1.86. The van der Waals surface area contributed by atoms with Crippen LogP contribution in [0.5, 0.6) is 0 Å². The lowest BCUT2D eigenvalue weighted by Crippen LogP contribution is -2.50. The molecule has 2 heterocycles. The molecule has 1 aliphatic heterocycles. The fourth-order valence-corrected chi connectivity index (χ4v) is 3.34. The van der Waals surface area contributed by atoms with E-state index in [2.05, 4.69) is 48.9 Å². The van der Waals surface area contributed by atoms with Gasteiger partial charge in [0, 0.05) is 16.8 Å². The monoisotopic (exact) mass is 280 g/mol. The van der Waals surface area contributed by atoms with E-state index in [1.807, 2.05) is 0 Å². The highest BCUT2D eigenvalue weighted by Gasteiger charge is 2.27. The van der Waals surface area contributed by atoms with Crippen molar-refractivity contribution in [1.82, 2.24) is 10.6 Å². The highest BCUT2D eigenvalue weighted by Crippen LogP contribution is 2.26. The van der Waals surface area contributed by atoms with Crippen LogP contribution in [-0.4, -0.2) is 25.0 Å². The summed E-state index contributed by atoms with van der Waals surface area (Å²) < 4.78 is 0. The van der Waals surface area contributed by atoms with Gasteiger partial charge in [-0.1, -0.05) is 26.8 Å². The summed E-state index contributed by atoms with van der Waals surface area (Å²) in [6.45, 7) is 8.22. The molecule has 19 heavy (non-hydrogen) atoms. The zero-order valence-corrected chi connectivity index (χ0v) is 12.8. The molecule has 1 aliphatic rings. The van der Waals surface area contributed by atoms with Gasteiger partial charge in [-0.15, -0.1) is 11.3 Å². The van der Waals surface area contributed by atoms with Crippen LogP contribution in [0, 0.1) is 5.92 Å². The normalized spacial score (nSPS) is 24.2. The maximum absolute atomic E-state index is 12.2. The van der Waals surface area contributed by atoms with Gasteiger partial charge in [-0.3, -0.25) is 4.79 Å². The molecule has 1 aromatic heterocycles. The molecule has 1 fully saturated rings. The van der Waals surface area contributed by atoms with Gasteiger partial charge in [0.15, 0.2) is 0 Å². The molecular weight excluding hydrogens is 256 g/mol. The lowest BCUT2D eigenvalue weighted by atomic mass is 9.90. The first-order valence-electron chi connectivity index (χ1n) is 7.04. The first kappa shape index (κ1) is 14.5. The zero-order chi connectivity index (χ0) is 13.9. The van der Waals surface area contributed by atoms with E-state index in [4.69, 9.17) is 0 Å². The van der Waals surface area contributed by atoms with Crippen LogP contribution in [0.2, 0.25) is 0 Å². The SMILES string of the molecule is CC1CCNC(C(=O)NCC(C)(C)c2cccs2)C1. The van der Waals surface area contributed by atoms with Crippen molar-refractivity contribution in [2.75, 3.05) is 13.1 Å². The molecule has 0 bridgehead atoms. The van der Waals surface area contributed by atoms with Gasteiger partial charge < -0.3 is 10.6 Å². The predicted molar refractivity (Wildman–Crippen MR) is 80.5 cm³/mol. The lowest BCUT2D eigenvalue weighted by molar-refractivity contribution is -0.124. The Morgan fingerprint density at radius 3 is 3.00 bits per heavy atom. The fraction of sp³-hybridized carbons (Fsp3) is 0.667. The molecule has 0 radical (unpaired) electrons. The Bertz CT molecular complexity index is 414. The molecule has 2 rings (SSSR count). The summed E-state index contributed by atoms with van der Waals surface area (Å²) in [5.41, 5.74) is 0.00408. The molecule has 0 aliphatic carbocycles. The Hall–Kier alpha value is -0.870. The quantitative estimate of drug-likeness (QED) is 0.890. The molecule has 2 unspecified atom stereocenters. The summed E-state index contributed by atoms with van der Waals surface area (Å²) in [6.07, 6.45) is 2.12. The minimum absolute atomic E-state index is 0.00408. The number of rotatable bonds is 4. The van der Waals surface area contributed by atoms with Gasteiger partial charge in [-0.2, -0.15) is 0 Å². The minimum atomic E-state index is -0.0112. The number of carbonyl (C=O) groups excluding carboxylic acids is 1. The maximum Gasteiger partial charge on any atom is 0.237 e. The van der Waals surface area contributed by atoms with Crippen LogP contribution in [0.3, 0.4) is 0 Å². The number of carbonyl (C=O) groups is 1. The van der Waals surface area contributed by atoms with Gasteiger partial charge in [-0.25, -0.2) is 0 Å². The molecule has 1 amide bonds. The Labute approximate surface area is 119 Å². The van der Waals surface area contributed by atoms with E-state index in [-0.39, 0.29) is 17.4 Å². The fourth-order valence-electron chi connectivity index (χ4n) is 2.49. The molecule has 2 N–H and O–H groups in total. The van der Waals surface area contributed by atoms with Crippen LogP contribution in [0.1, 0.15) is 38.5 Å². The van der Waals surface area contributed by atoms with Gasteiger partial charge in [0.05, 0.1) is 6.04 Å². The van der Waals surface area contributed by atoms with Gasteiger partial charge in [-0.05, 0) is 36.8 Å². The minimum Gasteiger partial charge on any atom is -0.354 e. The molecule has 1 aromatic rings. The number of thiophene rings is 1. The van der Waals surface area contributed by atoms with E-state index in [1.54, 1.807) is 11.3 Å². The Morgan fingerprint density at radius 1 is 1.58 bits per heavy atom. The van der Waals surface area contributed by atoms with Crippen LogP contribution >= 0.6 is 11.3 Å². The number of hydrogen-bond acceptors (Lipinski definition) is 3. The van der Waals surface area contributed by atoms with E-state index < -0.39 is 0 Å². The summed E-state index contributed by atoms with van der Waals surface area (Å²) in [5, 5.41) is 8.50. The van der Waals surface area contributed by atoms with Gasteiger partial charge >= 0.3 is 0 Å². The largest absolute Gasteiger partial charge is 0.354 e. The maximum atomic E-state index is 12.2. The van der Waals surface area contributed by atoms with Crippen LogP contribution in [0.15, 0.2) is 17.5 Å². The summed E-state index contributed by atoms with van der Waals surface area (Å²) in [7, 11) is 0. The summed E-state index contributed by atoms with van der Waals surface area (Å²) >= 11 is 1.75. The molecule has 4 heteroatoms. The topological polar surface area (TPSA) is 41.1 Å². The van der Waals surface area contributed by atoms with Crippen molar-refractivity contribution in [2.24, 2.45) is 5.92 Å². The molecule has 106 valence electrons. The first-order chi connectivity index (χ1) is 8.99. The number of nitrogens with one attached hydrogen (secondary N) is 2. The molecule has 2 atom stereocenters. The van der Waals surface area contributed by atoms with E-state index >= 15 is 0 Å². The average molecular weight is 280 g/mol. The molecule has 0 spiro atoms. The predicted octanol–water partition coefficient (Wildman–Crippen LogP) is 2.53. The summed E-state index contributed by atoms with van der Waals surface area (Å²) in [6, 6.07) is 4.19. The van der Waals surface area contributed by atoms with E-state index in [0.717, 1.165) is 13.0 Å². The van der Waals surface area contributed by atoms with Crippen molar-refractivity contribution in [3.63, 3.8) is 0 Å². The summed E-state index contributed by atoms with van der Waals surface area (Å²) in [4.78, 5) is 13.5. The molecule has 1 saturated heterocycles. The van der Waals surface area contributed by atoms with E-state index in [0.29, 0.717) is 12.5 Å². The smallest absolute Gasteiger partial charge is 0.237 e. The van der Waals surface area contributed by atoms with Crippen molar-refractivity contribution < 1.29 is 4.79 Å². The second-order valence-electron chi connectivity index (χ2n) is 6.22. The van der Waals surface area contributed by atoms with Crippen molar-refractivity contribution in [2.45, 2.75) is 45.1 Å². The molecule has 3 nitrogen and oxygen atoms in total. The third kappa shape index (κ3) is 3.80. The van der Waals surface area contributed by atoms with Crippen LogP contribution in [0.4, 0.5) is 0 Å².